The van der Waals surface area contributed by atoms with E-state index in [1.807, 2.05) is 78.9 Å². The lowest BCUT2D eigenvalue weighted by atomic mass is 9.99. The van der Waals surface area contributed by atoms with E-state index in [1.54, 1.807) is 0 Å². The molecule has 0 spiro atoms. The Labute approximate surface area is 149 Å². The van der Waals surface area contributed by atoms with Gasteiger partial charge < -0.3 is 0 Å². The van der Waals surface area contributed by atoms with Gasteiger partial charge in [-0.15, -0.1) is 0 Å². The first-order valence-electron chi connectivity index (χ1n) is 8.49. The quantitative estimate of drug-likeness (QED) is 0.254. The Balaban J connectivity index is 1.88. The van der Waals surface area contributed by atoms with Gasteiger partial charge in [-0.1, -0.05) is 72.8 Å². The predicted molar refractivity (Wildman–Crippen MR) is 104 cm³/mol. The Hall–Kier alpha value is -3.59. The highest BCUT2D eigenvalue weighted by Crippen LogP contribution is 2.29. The number of nitrogens with zero attached hydrogens (tertiary/aromatic N) is 2. The molecule has 0 aliphatic rings. The zero-order valence-electron chi connectivity index (χ0n) is 13.9. The fourth-order valence-corrected chi connectivity index (χ4v) is 3.38. The minimum Gasteiger partial charge on any atom is -0.287 e. The summed E-state index contributed by atoms with van der Waals surface area (Å²) in [4.78, 5) is 22.4. The fraction of sp³-hybridized carbons (Fsp3) is 0. The Morgan fingerprint density at radius 3 is 2.19 bits per heavy atom. The van der Waals surface area contributed by atoms with Crippen LogP contribution in [0.3, 0.4) is 0 Å². The van der Waals surface area contributed by atoms with E-state index in [9.17, 15) is 4.79 Å². The fourth-order valence-electron chi connectivity index (χ4n) is 3.38. The summed E-state index contributed by atoms with van der Waals surface area (Å²) in [5, 5.41) is 3.87. The maximum absolute atomic E-state index is 13.1. The van der Waals surface area contributed by atoms with Gasteiger partial charge in [0.05, 0.1) is 5.52 Å². The number of para-hydroxylation sites is 1. The van der Waals surface area contributed by atoms with E-state index in [1.165, 1.54) is 0 Å². The third-order valence-corrected chi connectivity index (χ3v) is 4.64. The second-order valence-corrected chi connectivity index (χ2v) is 6.25. The highest BCUT2D eigenvalue weighted by atomic mass is 16.1. The normalized spacial score (nSPS) is 11.2. The van der Waals surface area contributed by atoms with Crippen molar-refractivity contribution >= 4 is 38.5 Å². The van der Waals surface area contributed by atoms with Crippen LogP contribution in [0.2, 0.25) is 0 Å². The number of carbonyl (C=O) groups is 1. The lowest BCUT2D eigenvalue weighted by molar-refractivity contribution is 0.103. The van der Waals surface area contributed by atoms with Crippen molar-refractivity contribution in [3.63, 3.8) is 0 Å². The van der Waals surface area contributed by atoms with Crippen molar-refractivity contribution in [3.05, 3.63) is 96.2 Å². The van der Waals surface area contributed by atoms with Crippen LogP contribution in [0, 0.1) is 0 Å². The first-order chi connectivity index (χ1) is 12.8. The van der Waals surface area contributed by atoms with Gasteiger partial charge >= 0.3 is 0 Å². The molecule has 0 N–H and O–H groups in total. The number of benzene rings is 3. The van der Waals surface area contributed by atoms with E-state index in [2.05, 4.69) is 11.1 Å². The molecular formula is C23H14N2O. The second kappa shape index (κ2) is 5.74. The van der Waals surface area contributed by atoms with Crippen molar-refractivity contribution in [2.24, 2.45) is 0 Å². The molecule has 0 aliphatic heterocycles. The number of carbonyl (C=O) groups excluding carboxylic acids is 1. The molecule has 5 aromatic rings. The second-order valence-electron chi connectivity index (χ2n) is 6.25. The van der Waals surface area contributed by atoms with Gasteiger partial charge in [-0.2, -0.15) is 0 Å². The van der Waals surface area contributed by atoms with Crippen LogP contribution >= 0.6 is 0 Å². The molecular weight excluding hydrogens is 320 g/mol. The van der Waals surface area contributed by atoms with Crippen LogP contribution in [-0.4, -0.2) is 15.8 Å². The van der Waals surface area contributed by atoms with E-state index in [0.29, 0.717) is 16.9 Å². The van der Waals surface area contributed by atoms with Gasteiger partial charge in [-0.05, 0) is 17.5 Å². The van der Waals surface area contributed by atoms with Crippen LogP contribution in [0.15, 0.2) is 84.9 Å². The number of rotatable bonds is 2. The van der Waals surface area contributed by atoms with Crippen LogP contribution in [0.4, 0.5) is 0 Å². The van der Waals surface area contributed by atoms with Crippen LogP contribution in [-0.2, 0) is 0 Å². The Kier molecular flexibility index (Phi) is 3.25. The van der Waals surface area contributed by atoms with E-state index in [4.69, 9.17) is 4.98 Å². The van der Waals surface area contributed by atoms with Crippen molar-refractivity contribution in [1.29, 1.82) is 0 Å². The van der Waals surface area contributed by atoms with E-state index < -0.39 is 0 Å². The Bertz CT molecular complexity index is 1290. The third-order valence-electron chi connectivity index (χ3n) is 4.64. The summed E-state index contributed by atoms with van der Waals surface area (Å²) >= 11 is 0. The highest BCUT2D eigenvalue weighted by Gasteiger charge is 2.17. The largest absolute Gasteiger partial charge is 0.287 e. The molecule has 3 nitrogen and oxygen atoms in total. The summed E-state index contributed by atoms with van der Waals surface area (Å²) < 4.78 is 0. The van der Waals surface area contributed by atoms with E-state index in [0.717, 1.165) is 27.1 Å². The van der Waals surface area contributed by atoms with E-state index >= 15 is 0 Å². The molecule has 2 aromatic heterocycles. The van der Waals surface area contributed by atoms with Crippen molar-refractivity contribution in [2.45, 2.75) is 0 Å². The van der Waals surface area contributed by atoms with Crippen molar-refractivity contribution < 1.29 is 4.79 Å². The van der Waals surface area contributed by atoms with Crippen molar-refractivity contribution in [3.8, 4) is 0 Å². The maximum atomic E-state index is 13.1. The Morgan fingerprint density at radius 1 is 0.654 bits per heavy atom. The highest BCUT2D eigenvalue weighted by molar-refractivity contribution is 6.20. The molecule has 0 fully saturated rings. The summed E-state index contributed by atoms with van der Waals surface area (Å²) in [6, 6.07) is 27.2. The van der Waals surface area contributed by atoms with Gasteiger partial charge in [-0.3, -0.25) is 4.79 Å². The average molecular weight is 334 g/mol. The van der Waals surface area contributed by atoms with Crippen LogP contribution in [0.5, 0.6) is 0 Å². The predicted octanol–water partition coefficient (Wildman–Crippen LogP) is 5.17. The molecule has 122 valence electrons. The third kappa shape index (κ3) is 2.25. The molecule has 0 saturated heterocycles. The van der Waals surface area contributed by atoms with Gasteiger partial charge in [0.25, 0.3) is 0 Å². The summed E-state index contributed by atoms with van der Waals surface area (Å²) in [6.45, 7) is 0. The molecule has 0 radical (unpaired) electrons. The first kappa shape index (κ1) is 14.7. The summed E-state index contributed by atoms with van der Waals surface area (Å²) in [5.74, 6) is -0.0846. The standard InChI is InChI=1S/C23H14N2O/c26-22(15-8-2-1-3-9-15)21-18-12-6-5-11-17(18)19-14-16-10-4-7-13-20(16)24-23(19)25-21/h1-14H. The topological polar surface area (TPSA) is 42.9 Å². The lowest BCUT2D eigenvalue weighted by Crippen LogP contribution is -2.06. The van der Waals surface area contributed by atoms with Crippen LogP contribution in [0.1, 0.15) is 16.1 Å². The molecule has 0 aliphatic carbocycles. The van der Waals surface area contributed by atoms with Gasteiger partial charge in [-0.25, -0.2) is 9.97 Å². The Morgan fingerprint density at radius 2 is 1.35 bits per heavy atom. The van der Waals surface area contributed by atoms with Gasteiger partial charge in [0.15, 0.2) is 5.65 Å². The molecule has 0 bridgehead atoms. The molecule has 5 rings (SSSR count). The summed E-state index contributed by atoms with van der Waals surface area (Å²) in [5.41, 5.74) is 2.55. The number of hydrogen-bond donors (Lipinski definition) is 0. The molecule has 0 amide bonds. The molecule has 2 heterocycles. The molecule has 0 atom stereocenters. The molecule has 3 heteroatoms. The number of aromatic nitrogens is 2. The van der Waals surface area contributed by atoms with Crippen LogP contribution < -0.4 is 0 Å². The van der Waals surface area contributed by atoms with E-state index in [-0.39, 0.29) is 5.78 Å². The summed E-state index contributed by atoms with van der Waals surface area (Å²) in [7, 11) is 0. The SMILES string of the molecule is O=C(c1ccccc1)c1nc2nc3ccccc3cc2c2ccccc12. The zero-order chi connectivity index (χ0) is 17.5. The number of pyridine rings is 2. The average Bonchev–Trinajstić information content (AvgIpc) is 2.72. The zero-order valence-corrected chi connectivity index (χ0v) is 13.9. The molecule has 0 saturated carbocycles. The van der Waals surface area contributed by atoms with Crippen LogP contribution in [0.25, 0.3) is 32.7 Å². The number of fused-ring (bicyclic) bond motifs is 4. The minimum absolute atomic E-state index is 0.0846. The first-order valence-corrected chi connectivity index (χ1v) is 8.49. The maximum Gasteiger partial charge on any atom is 0.212 e. The smallest absolute Gasteiger partial charge is 0.212 e. The molecule has 0 unspecified atom stereocenters. The van der Waals surface area contributed by atoms with Gasteiger partial charge in [0, 0.05) is 21.7 Å². The van der Waals surface area contributed by atoms with Crippen molar-refractivity contribution in [2.75, 3.05) is 0 Å². The molecule has 26 heavy (non-hydrogen) atoms. The number of hydrogen-bond acceptors (Lipinski definition) is 3. The van der Waals surface area contributed by atoms with Crippen molar-refractivity contribution in [1.82, 2.24) is 9.97 Å². The molecule has 3 aromatic carbocycles. The monoisotopic (exact) mass is 334 g/mol. The number of ketones is 1. The minimum atomic E-state index is -0.0846. The van der Waals surface area contributed by atoms with Gasteiger partial charge in [0.1, 0.15) is 5.69 Å². The van der Waals surface area contributed by atoms with Gasteiger partial charge in [0.2, 0.25) is 5.78 Å². The lowest BCUT2D eigenvalue weighted by Gasteiger charge is -2.09. The summed E-state index contributed by atoms with van der Waals surface area (Å²) in [6.07, 6.45) is 0.